The molecule has 1 aliphatic rings. The van der Waals surface area contributed by atoms with Gasteiger partial charge in [-0.3, -0.25) is 9.59 Å². The van der Waals surface area contributed by atoms with E-state index >= 15 is 0 Å². The van der Waals surface area contributed by atoms with Gasteiger partial charge in [0.2, 0.25) is 5.91 Å². The standard InChI is InChI=1S/C13H15NO5/c1-14(9-3-5-10(18-2)6-4-9)11(15)13(12(16)17)7-19-8-13/h3-6H,7-8H2,1-2H3,(H,16,17). The lowest BCUT2D eigenvalue weighted by atomic mass is 9.84. The lowest BCUT2D eigenvalue weighted by molar-refractivity contribution is -0.183. The first-order valence-electron chi connectivity index (χ1n) is 5.74. The first-order chi connectivity index (χ1) is 9.01. The SMILES string of the molecule is COc1ccc(N(C)C(=O)C2(C(=O)O)COC2)cc1. The van der Waals surface area contributed by atoms with E-state index in [1.54, 1.807) is 38.4 Å². The van der Waals surface area contributed by atoms with Gasteiger partial charge in [-0.1, -0.05) is 0 Å². The summed E-state index contributed by atoms with van der Waals surface area (Å²) < 4.78 is 9.92. The summed E-state index contributed by atoms with van der Waals surface area (Å²) in [6, 6.07) is 6.82. The van der Waals surface area contributed by atoms with E-state index in [-0.39, 0.29) is 13.2 Å². The van der Waals surface area contributed by atoms with E-state index in [1.165, 1.54) is 4.90 Å². The molecule has 0 aliphatic carbocycles. The minimum atomic E-state index is -1.45. The molecule has 0 bridgehead atoms. The predicted molar refractivity (Wildman–Crippen MR) is 67.3 cm³/mol. The molecule has 0 aromatic heterocycles. The van der Waals surface area contributed by atoms with Crippen LogP contribution >= 0.6 is 0 Å². The lowest BCUT2D eigenvalue weighted by Crippen LogP contribution is -2.59. The number of carbonyl (C=O) groups excluding carboxylic acids is 1. The number of hydrogen-bond acceptors (Lipinski definition) is 4. The fraction of sp³-hybridized carbons (Fsp3) is 0.385. The van der Waals surface area contributed by atoms with E-state index in [1.807, 2.05) is 0 Å². The Balaban J connectivity index is 2.20. The smallest absolute Gasteiger partial charge is 0.324 e. The Morgan fingerprint density at radius 3 is 2.26 bits per heavy atom. The Hall–Kier alpha value is -2.08. The van der Waals surface area contributed by atoms with Crippen LogP contribution in [-0.4, -0.2) is 44.4 Å². The molecule has 102 valence electrons. The second-order valence-electron chi connectivity index (χ2n) is 4.44. The largest absolute Gasteiger partial charge is 0.497 e. The topological polar surface area (TPSA) is 76.1 Å². The average Bonchev–Trinajstić information content (AvgIpc) is 2.36. The molecule has 0 saturated carbocycles. The number of carbonyl (C=O) groups is 2. The number of amides is 1. The summed E-state index contributed by atoms with van der Waals surface area (Å²) >= 11 is 0. The van der Waals surface area contributed by atoms with Gasteiger partial charge in [-0.2, -0.15) is 0 Å². The molecular weight excluding hydrogens is 250 g/mol. The van der Waals surface area contributed by atoms with Crippen molar-refractivity contribution in [2.75, 3.05) is 32.3 Å². The van der Waals surface area contributed by atoms with Crippen LogP contribution in [0.25, 0.3) is 0 Å². The highest BCUT2D eigenvalue weighted by atomic mass is 16.5. The lowest BCUT2D eigenvalue weighted by Gasteiger charge is -2.38. The Kier molecular flexibility index (Phi) is 3.44. The van der Waals surface area contributed by atoms with Gasteiger partial charge in [-0.15, -0.1) is 0 Å². The number of hydrogen-bond donors (Lipinski definition) is 1. The number of anilines is 1. The summed E-state index contributed by atoms with van der Waals surface area (Å²) in [5.41, 5.74) is -0.840. The zero-order valence-electron chi connectivity index (χ0n) is 10.8. The van der Waals surface area contributed by atoms with Crippen LogP contribution < -0.4 is 9.64 Å². The van der Waals surface area contributed by atoms with Gasteiger partial charge >= 0.3 is 5.97 Å². The molecule has 1 fully saturated rings. The number of ether oxygens (including phenoxy) is 2. The van der Waals surface area contributed by atoms with Crippen LogP contribution in [0.4, 0.5) is 5.69 Å². The number of carboxylic acid groups (broad SMARTS) is 1. The van der Waals surface area contributed by atoms with Crippen molar-refractivity contribution >= 4 is 17.6 Å². The van der Waals surface area contributed by atoms with Gasteiger partial charge in [-0.25, -0.2) is 0 Å². The Morgan fingerprint density at radius 2 is 1.89 bits per heavy atom. The number of carboxylic acids is 1. The van der Waals surface area contributed by atoms with Gasteiger partial charge < -0.3 is 19.5 Å². The van der Waals surface area contributed by atoms with Crippen molar-refractivity contribution in [3.63, 3.8) is 0 Å². The molecule has 1 amide bonds. The molecule has 0 radical (unpaired) electrons. The maximum atomic E-state index is 12.3. The van der Waals surface area contributed by atoms with E-state index < -0.39 is 17.3 Å². The number of methoxy groups -OCH3 is 1. The maximum Gasteiger partial charge on any atom is 0.324 e. The molecule has 2 rings (SSSR count). The first kappa shape index (κ1) is 13.4. The molecule has 6 heteroatoms. The Bertz CT molecular complexity index is 492. The van der Waals surface area contributed by atoms with E-state index in [4.69, 9.17) is 9.47 Å². The van der Waals surface area contributed by atoms with Crippen molar-refractivity contribution in [3.05, 3.63) is 24.3 Å². The molecule has 1 saturated heterocycles. The number of aliphatic carboxylic acids is 1. The Morgan fingerprint density at radius 1 is 1.32 bits per heavy atom. The summed E-state index contributed by atoms with van der Waals surface area (Å²) in [7, 11) is 3.10. The molecular formula is C13H15NO5. The van der Waals surface area contributed by atoms with Crippen LogP contribution in [0.2, 0.25) is 0 Å². The quantitative estimate of drug-likeness (QED) is 0.813. The van der Waals surface area contributed by atoms with Gasteiger partial charge in [-0.05, 0) is 24.3 Å². The molecule has 0 spiro atoms. The van der Waals surface area contributed by atoms with Crippen LogP contribution in [0, 0.1) is 5.41 Å². The van der Waals surface area contributed by atoms with E-state index in [0.717, 1.165) is 0 Å². The summed E-state index contributed by atoms with van der Waals surface area (Å²) in [6.45, 7) is -0.163. The summed E-state index contributed by atoms with van der Waals surface area (Å²) in [4.78, 5) is 24.8. The number of nitrogens with zero attached hydrogens (tertiary/aromatic N) is 1. The molecule has 1 aromatic carbocycles. The third kappa shape index (κ3) is 2.15. The number of benzene rings is 1. The molecule has 1 aromatic rings. The summed E-state index contributed by atoms with van der Waals surface area (Å²) in [5, 5.41) is 9.18. The third-order valence-electron chi connectivity index (χ3n) is 3.28. The second-order valence-corrected chi connectivity index (χ2v) is 4.44. The zero-order valence-corrected chi connectivity index (χ0v) is 10.8. The maximum absolute atomic E-state index is 12.3. The predicted octanol–water partition coefficient (Wildman–Crippen LogP) is 0.759. The third-order valence-corrected chi connectivity index (χ3v) is 3.28. The minimum Gasteiger partial charge on any atom is -0.497 e. The zero-order chi connectivity index (χ0) is 14.0. The molecule has 19 heavy (non-hydrogen) atoms. The van der Waals surface area contributed by atoms with Crippen LogP contribution in [0.15, 0.2) is 24.3 Å². The first-order valence-corrected chi connectivity index (χ1v) is 5.74. The van der Waals surface area contributed by atoms with E-state index in [9.17, 15) is 14.7 Å². The van der Waals surface area contributed by atoms with Crippen molar-refractivity contribution in [1.82, 2.24) is 0 Å². The number of rotatable bonds is 4. The van der Waals surface area contributed by atoms with Crippen molar-refractivity contribution in [1.29, 1.82) is 0 Å². The molecule has 0 atom stereocenters. The average molecular weight is 265 g/mol. The molecule has 1 aliphatic heterocycles. The van der Waals surface area contributed by atoms with Gasteiger partial charge in [0.25, 0.3) is 0 Å². The van der Waals surface area contributed by atoms with Gasteiger partial charge in [0.05, 0.1) is 20.3 Å². The highest BCUT2D eigenvalue weighted by Gasteiger charge is 2.54. The summed E-state index contributed by atoms with van der Waals surface area (Å²) in [5.74, 6) is -0.954. The van der Waals surface area contributed by atoms with E-state index in [2.05, 4.69) is 0 Å². The molecule has 1 N–H and O–H groups in total. The molecule has 6 nitrogen and oxygen atoms in total. The second kappa shape index (κ2) is 4.89. The Labute approximate surface area is 110 Å². The van der Waals surface area contributed by atoms with Crippen molar-refractivity contribution < 1.29 is 24.2 Å². The van der Waals surface area contributed by atoms with Gasteiger partial charge in [0.1, 0.15) is 5.75 Å². The fourth-order valence-corrected chi connectivity index (χ4v) is 1.89. The van der Waals surface area contributed by atoms with Crippen molar-refractivity contribution in [2.24, 2.45) is 5.41 Å². The monoisotopic (exact) mass is 265 g/mol. The minimum absolute atomic E-state index is 0.0817. The van der Waals surface area contributed by atoms with Crippen molar-refractivity contribution in [2.45, 2.75) is 0 Å². The highest BCUT2D eigenvalue weighted by Crippen LogP contribution is 2.32. The van der Waals surface area contributed by atoms with E-state index in [0.29, 0.717) is 11.4 Å². The van der Waals surface area contributed by atoms with Crippen LogP contribution in [-0.2, 0) is 14.3 Å². The van der Waals surface area contributed by atoms with Crippen molar-refractivity contribution in [3.8, 4) is 5.75 Å². The van der Waals surface area contributed by atoms with Crippen LogP contribution in [0.1, 0.15) is 0 Å². The van der Waals surface area contributed by atoms with Gasteiger partial charge in [0.15, 0.2) is 5.41 Å². The van der Waals surface area contributed by atoms with Gasteiger partial charge in [0, 0.05) is 12.7 Å². The molecule has 0 unspecified atom stereocenters. The normalized spacial score (nSPS) is 16.3. The van der Waals surface area contributed by atoms with Crippen LogP contribution in [0.3, 0.4) is 0 Å². The fourth-order valence-electron chi connectivity index (χ4n) is 1.89. The highest BCUT2D eigenvalue weighted by molar-refractivity contribution is 6.10. The summed E-state index contributed by atoms with van der Waals surface area (Å²) in [6.07, 6.45) is 0. The van der Waals surface area contributed by atoms with Crippen LogP contribution in [0.5, 0.6) is 5.75 Å². The molecule has 1 heterocycles.